The number of hydrogen-bond donors (Lipinski definition) is 2. The molecule has 1 aliphatic heterocycles. The van der Waals surface area contributed by atoms with Crippen LogP contribution in [0.3, 0.4) is 0 Å². The van der Waals surface area contributed by atoms with Crippen LogP contribution in [0.2, 0.25) is 0 Å². The van der Waals surface area contributed by atoms with Crippen LogP contribution >= 0.6 is 0 Å². The van der Waals surface area contributed by atoms with Crippen molar-refractivity contribution < 1.29 is 22.3 Å². The van der Waals surface area contributed by atoms with Crippen LogP contribution in [0, 0.1) is 0 Å². The van der Waals surface area contributed by atoms with Crippen LogP contribution in [0.4, 0.5) is 0 Å². The number of carbonyl (C=O) groups is 1. The second-order valence-electron chi connectivity index (χ2n) is 2.32. The second-order valence-corrected chi connectivity index (χ2v) is 3.22. The molecule has 1 fully saturated rings. The van der Waals surface area contributed by atoms with Crippen LogP contribution in [-0.2, 0) is 15.2 Å². The molecule has 0 aromatic heterocycles. The van der Waals surface area contributed by atoms with E-state index < -0.39 is 10.4 Å². The Labute approximate surface area is 76.4 Å². The average Bonchev–Trinajstić information content (AvgIpc) is 2.31. The molecule has 1 amide bonds. The summed E-state index contributed by atoms with van der Waals surface area (Å²) in [6, 6.07) is 0. The lowest BCUT2D eigenvalue weighted by Gasteiger charge is -2.05. The maximum atomic E-state index is 10.7. The molecule has 0 bridgehead atoms. The fourth-order valence-electron chi connectivity index (χ4n) is 0.862. The molecular formula is C6H11NO5S. The molecular weight excluding hydrogens is 198 g/mol. The highest BCUT2D eigenvalue weighted by atomic mass is 32.3. The standard InChI is InChI=1S/C6H9NO.H2O4S/c1-2-7-5-3-4-6(7)8;1-5(2,3)4/h2H,1,3-5H2;(H2,1,2,3,4). The van der Waals surface area contributed by atoms with Gasteiger partial charge in [-0.25, -0.2) is 0 Å². The monoisotopic (exact) mass is 209 g/mol. The Kier molecular flexibility index (Phi) is 4.60. The normalized spacial score (nSPS) is 16.5. The van der Waals surface area contributed by atoms with Crippen molar-refractivity contribution in [2.75, 3.05) is 6.54 Å². The minimum absolute atomic E-state index is 0.208. The number of nitrogens with zero attached hydrogens (tertiary/aromatic N) is 1. The van der Waals surface area contributed by atoms with E-state index in [4.69, 9.17) is 17.5 Å². The average molecular weight is 209 g/mol. The molecule has 0 spiro atoms. The summed E-state index contributed by atoms with van der Waals surface area (Å²) in [4.78, 5) is 12.3. The first kappa shape index (κ1) is 12.1. The number of rotatable bonds is 1. The van der Waals surface area contributed by atoms with Gasteiger partial charge in [0.1, 0.15) is 0 Å². The van der Waals surface area contributed by atoms with Crippen molar-refractivity contribution in [3.63, 3.8) is 0 Å². The molecule has 6 nitrogen and oxygen atoms in total. The molecule has 0 atom stereocenters. The van der Waals surface area contributed by atoms with Gasteiger partial charge in [0.2, 0.25) is 5.91 Å². The summed E-state index contributed by atoms with van der Waals surface area (Å²) in [6.07, 6.45) is 3.28. The largest absolute Gasteiger partial charge is 0.394 e. The summed E-state index contributed by atoms with van der Waals surface area (Å²) in [5.41, 5.74) is 0. The molecule has 0 aromatic carbocycles. The van der Waals surface area contributed by atoms with Gasteiger partial charge in [0.25, 0.3) is 0 Å². The molecule has 7 heteroatoms. The molecule has 1 heterocycles. The predicted molar refractivity (Wildman–Crippen MR) is 45.3 cm³/mol. The molecule has 1 rings (SSSR count). The van der Waals surface area contributed by atoms with E-state index in [-0.39, 0.29) is 5.91 Å². The van der Waals surface area contributed by atoms with Gasteiger partial charge in [-0.05, 0) is 12.6 Å². The molecule has 0 aromatic rings. The van der Waals surface area contributed by atoms with Gasteiger partial charge >= 0.3 is 10.4 Å². The van der Waals surface area contributed by atoms with Crippen molar-refractivity contribution >= 4 is 16.3 Å². The van der Waals surface area contributed by atoms with Crippen LogP contribution in [0.5, 0.6) is 0 Å². The third-order valence-corrected chi connectivity index (χ3v) is 1.33. The zero-order chi connectivity index (χ0) is 10.5. The molecule has 0 unspecified atom stereocenters. The van der Waals surface area contributed by atoms with Crippen molar-refractivity contribution in [3.8, 4) is 0 Å². The summed E-state index contributed by atoms with van der Waals surface area (Å²) in [5, 5.41) is 0. The van der Waals surface area contributed by atoms with Crippen molar-refractivity contribution in [1.82, 2.24) is 4.90 Å². The Balaban J connectivity index is 0.000000252. The Hall–Kier alpha value is -0.920. The molecule has 13 heavy (non-hydrogen) atoms. The highest BCUT2D eigenvalue weighted by Gasteiger charge is 2.15. The Morgan fingerprint density at radius 2 is 1.92 bits per heavy atom. The maximum Gasteiger partial charge on any atom is 0.394 e. The first-order valence-corrected chi connectivity index (χ1v) is 4.86. The first-order valence-electron chi connectivity index (χ1n) is 3.46. The number of amides is 1. The molecule has 0 aliphatic carbocycles. The summed E-state index contributed by atoms with van der Waals surface area (Å²) >= 11 is 0. The van der Waals surface area contributed by atoms with Gasteiger partial charge in [-0.3, -0.25) is 13.9 Å². The minimum atomic E-state index is -4.67. The summed E-state index contributed by atoms with van der Waals surface area (Å²) in [7, 11) is -4.67. The quantitative estimate of drug-likeness (QED) is 0.597. The van der Waals surface area contributed by atoms with Crippen LogP contribution < -0.4 is 0 Å². The molecule has 0 radical (unpaired) electrons. The van der Waals surface area contributed by atoms with Crippen LogP contribution in [-0.4, -0.2) is 34.9 Å². The summed E-state index contributed by atoms with van der Waals surface area (Å²) in [5.74, 6) is 0.208. The van der Waals surface area contributed by atoms with Crippen molar-refractivity contribution in [1.29, 1.82) is 0 Å². The lowest BCUT2D eigenvalue weighted by Crippen LogP contribution is -2.16. The van der Waals surface area contributed by atoms with E-state index in [0.717, 1.165) is 13.0 Å². The van der Waals surface area contributed by atoms with E-state index in [0.29, 0.717) is 6.42 Å². The predicted octanol–water partition coefficient (Wildman–Crippen LogP) is 0.0995. The van der Waals surface area contributed by atoms with Crippen LogP contribution in [0.1, 0.15) is 12.8 Å². The summed E-state index contributed by atoms with van der Waals surface area (Å²) in [6.45, 7) is 4.36. The van der Waals surface area contributed by atoms with Crippen molar-refractivity contribution in [2.24, 2.45) is 0 Å². The highest BCUT2D eigenvalue weighted by Crippen LogP contribution is 2.08. The van der Waals surface area contributed by atoms with E-state index in [9.17, 15) is 4.79 Å². The van der Waals surface area contributed by atoms with Crippen LogP contribution in [0.15, 0.2) is 12.8 Å². The molecule has 2 N–H and O–H groups in total. The van der Waals surface area contributed by atoms with E-state index in [1.165, 1.54) is 0 Å². The van der Waals surface area contributed by atoms with Gasteiger partial charge < -0.3 is 4.90 Å². The van der Waals surface area contributed by atoms with E-state index in [1.807, 2.05) is 0 Å². The molecule has 76 valence electrons. The Morgan fingerprint density at radius 3 is 2.08 bits per heavy atom. The van der Waals surface area contributed by atoms with E-state index in [2.05, 4.69) is 6.58 Å². The zero-order valence-electron chi connectivity index (χ0n) is 6.88. The second kappa shape index (κ2) is 4.95. The number of carbonyl (C=O) groups excluding carboxylic acids is 1. The maximum absolute atomic E-state index is 10.7. The number of hydrogen-bond acceptors (Lipinski definition) is 3. The van der Waals surface area contributed by atoms with Crippen LogP contribution in [0.25, 0.3) is 0 Å². The Morgan fingerprint density at radius 1 is 1.46 bits per heavy atom. The van der Waals surface area contributed by atoms with Crippen molar-refractivity contribution in [3.05, 3.63) is 12.8 Å². The summed E-state index contributed by atoms with van der Waals surface area (Å²) < 4.78 is 31.6. The third kappa shape index (κ3) is 7.44. The lowest BCUT2D eigenvalue weighted by molar-refractivity contribution is -0.125. The van der Waals surface area contributed by atoms with E-state index in [1.54, 1.807) is 11.1 Å². The van der Waals surface area contributed by atoms with Gasteiger partial charge in [-0.1, -0.05) is 6.58 Å². The zero-order valence-corrected chi connectivity index (χ0v) is 7.70. The fraction of sp³-hybridized carbons (Fsp3) is 0.500. The highest BCUT2D eigenvalue weighted by molar-refractivity contribution is 7.79. The molecule has 0 saturated carbocycles. The van der Waals surface area contributed by atoms with Gasteiger partial charge in [-0.15, -0.1) is 0 Å². The number of likely N-dealkylation sites (tertiary alicyclic amines) is 1. The van der Waals surface area contributed by atoms with Gasteiger partial charge in [0, 0.05) is 13.0 Å². The Bertz CT molecular complexity index is 275. The minimum Gasteiger partial charge on any atom is -0.320 e. The SMILES string of the molecule is C=CN1CCCC1=O.O=S(=O)(O)O. The van der Waals surface area contributed by atoms with Gasteiger partial charge in [0.15, 0.2) is 0 Å². The van der Waals surface area contributed by atoms with Crippen molar-refractivity contribution in [2.45, 2.75) is 12.8 Å². The third-order valence-electron chi connectivity index (χ3n) is 1.33. The fourth-order valence-corrected chi connectivity index (χ4v) is 0.862. The molecule has 1 aliphatic rings. The molecule has 1 saturated heterocycles. The van der Waals surface area contributed by atoms with Gasteiger partial charge in [-0.2, -0.15) is 8.42 Å². The topological polar surface area (TPSA) is 94.9 Å². The smallest absolute Gasteiger partial charge is 0.320 e. The first-order chi connectivity index (χ1) is 5.84. The lowest BCUT2D eigenvalue weighted by atomic mass is 10.4. The van der Waals surface area contributed by atoms with E-state index >= 15 is 0 Å². The van der Waals surface area contributed by atoms with Gasteiger partial charge in [0.05, 0.1) is 0 Å².